The summed E-state index contributed by atoms with van der Waals surface area (Å²) in [6.45, 7) is 5.55. The highest BCUT2D eigenvalue weighted by molar-refractivity contribution is 6.15. The minimum atomic E-state index is -0.413. The molecule has 8 nitrogen and oxygen atoms in total. The third-order valence-corrected chi connectivity index (χ3v) is 5.20. The van der Waals surface area contributed by atoms with Gasteiger partial charge in [-0.1, -0.05) is 6.08 Å². The van der Waals surface area contributed by atoms with E-state index in [-0.39, 0.29) is 24.4 Å². The molecule has 0 spiro atoms. The Morgan fingerprint density at radius 2 is 2.00 bits per heavy atom. The fraction of sp³-hybridized carbons (Fsp3) is 0.273. The maximum Gasteiger partial charge on any atom is 0.272 e. The number of nitro benzene ring substituents is 1. The Hall–Kier alpha value is -3.68. The molecule has 2 aromatic carbocycles. The van der Waals surface area contributed by atoms with Crippen molar-refractivity contribution in [1.82, 2.24) is 5.01 Å². The highest BCUT2D eigenvalue weighted by Gasteiger charge is 2.29. The molecule has 0 aromatic heterocycles. The van der Waals surface area contributed by atoms with Crippen molar-refractivity contribution in [2.24, 2.45) is 5.10 Å². The number of nitrogens with zero attached hydrogens (tertiary/aromatic N) is 3. The van der Waals surface area contributed by atoms with Crippen LogP contribution in [0.4, 0.5) is 5.69 Å². The fourth-order valence-electron chi connectivity index (χ4n) is 3.74. The van der Waals surface area contributed by atoms with E-state index < -0.39 is 4.92 Å². The molecule has 0 N–H and O–H groups in total. The van der Waals surface area contributed by atoms with E-state index in [4.69, 9.17) is 14.6 Å². The molecule has 0 saturated carbocycles. The lowest BCUT2D eigenvalue weighted by Crippen LogP contribution is -2.34. The van der Waals surface area contributed by atoms with Crippen LogP contribution in [0, 0.1) is 17.0 Å². The number of hydrogen-bond acceptors (Lipinski definition) is 6. The molecular weight excluding hydrogens is 386 g/mol. The first-order chi connectivity index (χ1) is 14.4. The normalized spacial score (nSPS) is 17.5. The summed E-state index contributed by atoms with van der Waals surface area (Å²) in [5.41, 5.74) is 3.58. The fourth-order valence-corrected chi connectivity index (χ4v) is 3.74. The third-order valence-electron chi connectivity index (χ3n) is 5.20. The van der Waals surface area contributed by atoms with Gasteiger partial charge in [0.1, 0.15) is 0 Å². The number of hydrogen-bond donors (Lipinski definition) is 0. The molecular formula is C22H21N3O5. The van der Waals surface area contributed by atoms with Crippen molar-refractivity contribution >= 4 is 17.3 Å². The highest BCUT2D eigenvalue weighted by Crippen LogP contribution is 2.38. The topological polar surface area (TPSA) is 94.3 Å². The number of fused-ring (bicyclic) bond motifs is 2. The van der Waals surface area contributed by atoms with Gasteiger partial charge in [-0.25, -0.2) is 5.01 Å². The monoisotopic (exact) mass is 407 g/mol. The molecule has 0 aliphatic carbocycles. The van der Waals surface area contributed by atoms with E-state index in [1.807, 2.05) is 19.1 Å². The summed E-state index contributed by atoms with van der Waals surface area (Å²) in [6, 6.07) is 8.44. The quantitative estimate of drug-likeness (QED) is 0.439. The van der Waals surface area contributed by atoms with Gasteiger partial charge >= 0.3 is 0 Å². The molecule has 1 atom stereocenters. The lowest BCUT2D eigenvalue weighted by Gasteiger charge is -2.22. The van der Waals surface area contributed by atoms with Crippen molar-refractivity contribution in [1.29, 1.82) is 0 Å². The van der Waals surface area contributed by atoms with Gasteiger partial charge in [0.2, 0.25) is 6.79 Å². The molecule has 2 heterocycles. The number of hydrazone groups is 1. The van der Waals surface area contributed by atoms with E-state index >= 15 is 0 Å². The van der Waals surface area contributed by atoms with Gasteiger partial charge < -0.3 is 9.47 Å². The summed E-state index contributed by atoms with van der Waals surface area (Å²) < 4.78 is 11.1. The van der Waals surface area contributed by atoms with E-state index in [0.717, 1.165) is 11.1 Å². The number of nitro groups is 1. The average Bonchev–Trinajstić information content (AvgIpc) is 3.09. The summed E-state index contributed by atoms with van der Waals surface area (Å²) in [5.74, 6) is 1.04. The Bertz CT molecular complexity index is 1110. The number of benzene rings is 2. The van der Waals surface area contributed by atoms with Crippen molar-refractivity contribution in [3.8, 4) is 11.5 Å². The van der Waals surface area contributed by atoms with Crippen LogP contribution in [-0.4, -0.2) is 34.4 Å². The minimum Gasteiger partial charge on any atom is -0.454 e. The minimum absolute atomic E-state index is 0.0362. The zero-order valence-corrected chi connectivity index (χ0v) is 16.9. The largest absolute Gasteiger partial charge is 0.454 e. The second-order valence-corrected chi connectivity index (χ2v) is 7.31. The summed E-state index contributed by atoms with van der Waals surface area (Å²) in [6.07, 6.45) is 3.73. The van der Waals surface area contributed by atoms with E-state index in [9.17, 15) is 14.9 Å². The van der Waals surface area contributed by atoms with Crippen LogP contribution in [0.15, 0.2) is 47.6 Å². The summed E-state index contributed by atoms with van der Waals surface area (Å²) in [4.78, 5) is 23.5. The number of aryl methyl sites for hydroxylation is 1. The zero-order valence-electron chi connectivity index (χ0n) is 16.9. The maximum atomic E-state index is 12.7. The van der Waals surface area contributed by atoms with Crippen molar-refractivity contribution < 1.29 is 19.2 Å². The summed E-state index contributed by atoms with van der Waals surface area (Å²) >= 11 is 0. The predicted octanol–water partition coefficient (Wildman–Crippen LogP) is 3.73. The molecule has 0 fully saturated rings. The van der Waals surface area contributed by atoms with Crippen LogP contribution in [0.5, 0.6) is 11.5 Å². The van der Waals surface area contributed by atoms with Gasteiger partial charge in [-0.15, -0.1) is 0 Å². The van der Waals surface area contributed by atoms with Crippen LogP contribution in [0.25, 0.3) is 0 Å². The molecule has 154 valence electrons. The van der Waals surface area contributed by atoms with Crippen molar-refractivity contribution in [3.05, 3.63) is 74.9 Å². The first-order valence-electron chi connectivity index (χ1n) is 9.62. The molecule has 4 rings (SSSR count). The van der Waals surface area contributed by atoms with Crippen LogP contribution in [0.3, 0.4) is 0 Å². The van der Waals surface area contributed by atoms with Crippen molar-refractivity contribution in [3.63, 3.8) is 0 Å². The lowest BCUT2D eigenvalue weighted by atomic mass is 9.93. The Morgan fingerprint density at radius 1 is 1.27 bits per heavy atom. The second kappa shape index (κ2) is 7.62. The molecule has 0 saturated heterocycles. The van der Waals surface area contributed by atoms with Crippen LogP contribution in [0.2, 0.25) is 0 Å². The molecule has 0 unspecified atom stereocenters. The number of allylic oxidation sites excluding steroid dienone is 1. The van der Waals surface area contributed by atoms with Crippen LogP contribution >= 0.6 is 0 Å². The molecule has 0 radical (unpaired) electrons. The highest BCUT2D eigenvalue weighted by atomic mass is 16.7. The van der Waals surface area contributed by atoms with E-state index in [1.54, 1.807) is 32.1 Å². The third kappa shape index (κ3) is 3.41. The molecule has 1 amide bonds. The van der Waals surface area contributed by atoms with E-state index in [1.165, 1.54) is 17.2 Å². The molecule has 0 bridgehead atoms. The van der Waals surface area contributed by atoms with Gasteiger partial charge in [0.05, 0.1) is 16.7 Å². The zero-order chi connectivity index (χ0) is 21.4. The average molecular weight is 407 g/mol. The second-order valence-electron chi connectivity index (χ2n) is 7.31. The van der Waals surface area contributed by atoms with E-state index in [0.29, 0.717) is 34.8 Å². The summed E-state index contributed by atoms with van der Waals surface area (Å²) in [5, 5.41) is 17.4. The number of carbonyl (C=O) groups excluding carboxylic acids is 1. The van der Waals surface area contributed by atoms with Gasteiger partial charge in [-0.05, 0) is 57.0 Å². The van der Waals surface area contributed by atoms with Gasteiger partial charge in [0.15, 0.2) is 11.5 Å². The van der Waals surface area contributed by atoms with Crippen molar-refractivity contribution in [2.45, 2.75) is 33.2 Å². The van der Waals surface area contributed by atoms with E-state index in [2.05, 4.69) is 0 Å². The molecule has 8 heteroatoms. The SMILES string of the molecule is CC=CC(=O)N1N=C(c2ccc([N+](=O)[O-])c(C)c2)c2cc3c(cc2C[C@H]1C)OCO3. The Kier molecular flexibility index (Phi) is 4.99. The van der Waals surface area contributed by atoms with Gasteiger partial charge in [0.25, 0.3) is 11.6 Å². The smallest absolute Gasteiger partial charge is 0.272 e. The number of rotatable bonds is 3. The first kappa shape index (κ1) is 19.6. The molecule has 30 heavy (non-hydrogen) atoms. The Balaban J connectivity index is 1.91. The standard InChI is InChI=1S/C22H21N3O5/c1-4-5-21(26)24-14(3)9-16-10-19-20(30-12-29-19)11-17(16)22(23-24)15-6-7-18(25(27)28)13(2)8-15/h4-8,10-11,14H,9,12H2,1-3H3/t14-/m1/s1. The van der Waals surface area contributed by atoms with Crippen LogP contribution in [-0.2, 0) is 11.2 Å². The van der Waals surface area contributed by atoms with Gasteiger partial charge in [0, 0.05) is 28.8 Å². The lowest BCUT2D eigenvalue weighted by molar-refractivity contribution is -0.385. The molecule has 2 aliphatic heterocycles. The van der Waals surface area contributed by atoms with Gasteiger partial charge in [-0.3, -0.25) is 14.9 Å². The number of carbonyl (C=O) groups is 1. The Morgan fingerprint density at radius 3 is 2.67 bits per heavy atom. The molecule has 2 aromatic rings. The Labute approximate surface area is 173 Å². The number of ether oxygens (including phenoxy) is 2. The first-order valence-corrected chi connectivity index (χ1v) is 9.62. The number of amides is 1. The van der Waals surface area contributed by atoms with Crippen molar-refractivity contribution in [2.75, 3.05) is 6.79 Å². The predicted molar refractivity (Wildman–Crippen MR) is 111 cm³/mol. The van der Waals surface area contributed by atoms with Crippen LogP contribution in [0.1, 0.15) is 36.1 Å². The van der Waals surface area contributed by atoms with Gasteiger partial charge in [-0.2, -0.15) is 5.10 Å². The molecule has 2 aliphatic rings. The van der Waals surface area contributed by atoms with Crippen LogP contribution < -0.4 is 9.47 Å². The maximum absolute atomic E-state index is 12.7. The summed E-state index contributed by atoms with van der Waals surface area (Å²) in [7, 11) is 0.